The Kier molecular flexibility index (Phi) is 4.04. The van der Waals surface area contributed by atoms with Gasteiger partial charge in [-0.3, -0.25) is 5.10 Å². The number of nitrogens with one attached hydrogen (secondary N) is 1. The molecule has 0 amide bonds. The first kappa shape index (κ1) is 16.7. The Hall–Kier alpha value is -3.15. The van der Waals surface area contributed by atoms with Gasteiger partial charge in [0.25, 0.3) is 0 Å². The van der Waals surface area contributed by atoms with E-state index in [1.54, 1.807) is 24.3 Å². The molecule has 2 heterocycles. The van der Waals surface area contributed by atoms with Crippen molar-refractivity contribution in [2.75, 3.05) is 6.61 Å². The van der Waals surface area contributed by atoms with Gasteiger partial charge in [0.05, 0.1) is 18.1 Å². The SMILES string of the molecule is CCOc1ccc(C2C(C#N)=C(N)Oc3n[nH]c(C(F)(F)F)c32)cc1. The van der Waals surface area contributed by atoms with E-state index in [1.165, 1.54) is 0 Å². The van der Waals surface area contributed by atoms with E-state index in [4.69, 9.17) is 15.2 Å². The van der Waals surface area contributed by atoms with Gasteiger partial charge in [-0.25, -0.2) is 0 Å². The summed E-state index contributed by atoms with van der Waals surface area (Å²) in [6.45, 7) is 2.27. The molecule has 0 radical (unpaired) electrons. The number of allylic oxidation sites excluding steroid dienone is 1. The summed E-state index contributed by atoms with van der Waals surface area (Å²) < 4.78 is 50.4. The molecule has 1 aliphatic rings. The normalized spacial score (nSPS) is 16.8. The van der Waals surface area contributed by atoms with Crippen LogP contribution in [0.25, 0.3) is 0 Å². The average molecular weight is 350 g/mol. The molecule has 1 atom stereocenters. The zero-order valence-corrected chi connectivity index (χ0v) is 13.0. The van der Waals surface area contributed by atoms with Gasteiger partial charge in [0.15, 0.2) is 0 Å². The maximum atomic E-state index is 13.3. The Labute approximate surface area is 140 Å². The van der Waals surface area contributed by atoms with E-state index >= 15 is 0 Å². The standard InChI is InChI=1S/C16H13F3N4O2/c1-2-24-9-5-3-8(4-6-9)11-10(7-20)14(21)25-15-12(11)13(22-23-15)16(17,18)19/h3-6,11H,2,21H2,1H3,(H,22,23). The third-order valence-electron chi connectivity index (χ3n) is 3.75. The minimum Gasteiger partial charge on any atom is -0.494 e. The third-order valence-corrected chi connectivity index (χ3v) is 3.75. The quantitative estimate of drug-likeness (QED) is 0.887. The van der Waals surface area contributed by atoms with Crippen molar-refractivity contribution in [1.82, 2.24) is 10.2 Å². The fourth-order valence-corrected chi connectivity index (χ4v) is 2.72. The summed E-state index contributed by atoms with van der Waals surface area (Å²) >= 11 is 0. The lowest BCUT2D eigenvalue weighted by atomic mass is 9.84. The molecule has 3 N–H and O–H groups in total. The van der Waals surface area contributed by atoms with E-state index in [-0.39, 0.29) is 22.9 Å². The number of fused-ring (bicyclic) bond motifs is 1. The number of aromatic amines is 1. The third kappa shape index (κ3) is 2.87. The van der Waals surface area contributed by atoms with Crippen molar-refractivity contribution in [3.05, 3.63) is 52.5 Å². The zero-order valence-electron chi connectivity index (χ0n) is 13.0. The minimum absolute atomic E-state index is 0.108. The number of alkyl halides is 3. The number of nitrogens with two attached hydrogens (primary N) is 1. The van der Waals surface area contributed by atoms with Crippen molar-refractivity contribution >= 4 is 0 Å². The summed E-state index contributed by atoms with van der Waals surface area (Å²) in [6, 6.07) is 8.25. The number of rotatable bonds is 3. The highest BCUT2D eigenvalue weighted by Crippen LogP contribution is 2.46. The Morgan fingerprint density at radius 1 is 1.36 bits per heavy atom. The molecule has 0 bridgehead atoms. The van der Waals surface area contributed by atoms with Gasteiger partial charge >= 0.3 is 6.18 Å². The number of aromatic nitrogens is 2. The number of hydrogen-bond acceptors (Lipinski definition) is 5. The van der Waals surface area contributed by atoms with Gasteiger partial charge in [-0.2, -0.15) is 18.4 Å². The molecule has 6 nitrogen and oxygen atoms in total. The predicted octanol–water partition coefficient (Wildman–Crippen LogP) is 3.05. The van der Waals surface area contributed by atoms with Crippen molar-refractivity contribution in [3.63, 3.8) is 0 Å². The minimum atomic E-state index is -4.68. The van der Waals surface area contributed by atoms with Crippen LogP contribution in [0.15, 0.2) is 35.7 Å². The van der Waals surface area contributed by atoms with E-state index in [9.17, 15) is 18.4 Å². The number of nitriles is 1. The van der Waals surface area contributed by atoms with E-state index in [0.717, 1.165) is 0 Å². The van der Waals surface area contributed by atoms with E-state index in [2.05, 4.69) is 5.10 Å². The Morgan fingerprint density at radius 2 is 2.04 bits per heavy atom. The maximum absolute atomic E-state index is 13.3. The molecule has 0 aliphatic carbocycles. The summed E-state index contributed by atoms with van der Waals surface area (Å²) in [7, 11) is 0. The topological polar surface area (TPSA) is 96.9 Å². The van der Waals surface area contributed by atoms with Crippen LogP contribution in [0.2, 0.25) is 0 Å². The molecule has 1 aromatic carbocycles. The molecule has 9 heteroatoms. The predicted molar refractivity (Wildman–Crippen MR) is 80.5 cm³/mol. The Balaban J connectivity index is 2.16. The molecule has 25 heavy (non-hydrogen) atoms. The molecule has 1 aliphatic heterocycles. The first-order chi connectivity index (χ1) is 11.9. The lowest BCUT2D eigenvalue weighted by molar-refractivity contribution is -0.141. The molecule has 2 aromatic rings. The highest BCUT2D eigenvalue weighted by Gasteiger charge is 2.44. The van der Waals surface area contributed by atoms with Crippen molar-refractivity contribution < 1.29 is 22.6 Å². The summed E-state index contributed by atoms with van der Waals surface area (Å²) in [5, 5.41) is 14.9. The molecule has 1 unspecified atom stereocenters. The molecule has 0 spiro atoms. The highest BCUT2D eigenvalue weighted by atomic mass is 19.4. The first-order valence-electron chi connectivity index (χ1n) is 7.32. The van der Waals surface area contributed by atoms with Gasteiger partial charge in [0.2, 0.25) is 11.8 Å². The summed E-state index contributed by atoms with van der Waals surface area (Å²) in [6.07, 6.45) is -4.68. The molecule has 1 aromatic heterocycles. The van der Waals surface area contributed by atoms with Crippen LogP contribution in [-0.4, -0.2) is 16.8 Å². The maximum Gasteiger partial charge on any atom is 0.433 e. The highest BCUT2D eigenvalue weighted by molar-refractivity contribution is 5.56. The monoisotopic (exact) mass is 350 g/mol. The van der Waals surface area contributed by atoms with Gasteiger partial charge < -0.3 is 15.2 Å². The number of benzene rings is 1. The second kappa shape index (κ2) is 6.05. The van der Waals surface area contributed by atoms with Crippen LogP contribution in [0, 0.1) is 11.3 Å². The first-order valence-corrected chi connectivity index (χ1v) is 7.32. The molecule has 3 rings (SSSR count). The van der Waals surface area contributed by atoms with Gasteiger partial charge in [-0.15, -0.1) is 5.10 Å². The lowest BCUT2D eigenvalue weighted by Crippen LogP contribution is -2.22. The van der Waals surface area contributed by atoms with Crippen LogP contribution >= 0.6 is 0 Å². The number of nitrogens with zero attached hydrogens (tertiary/aromatic N) is 2. The van der Waals surface area contributed by atoms with Crippen LogP contribution in [0.3, 0.4) is 0 Å². The largest absolute Gasteiger partial charge is 0.494 e. The van der Waals surface area contributed by atoms with Crippen LogP contribution in [-0.2, 0) is 6.18 Å². The average Bonchev–Trinajstić information content (AvgIpc) is 2.98. The molecule has 0 saturated carbocycles. The van der Waals surface area contributed by atoms with Gasteiger partial charge in [-0.05, 0) is 24.6 Å². The van der Waals surface area contributed by atoms with Crippen molar-refractivity contribution in [2.24, 2.45) is 5.73 Å². The fourth-order valence-electron chi connectivity index (χ4n) is 2.72. The molecular formula is C16H13F3N4O2. The number of hydrogen-bond donors (Lipinski definition) is 2. The van der Waals surface area contributed by atoms with Crippen molar-refractivity contribution in [3.8, 4) is 17.7 Å². The molecule has 130 valence electrons. The van der Waals surface area contributed by atoms with Crippen LogP contribution in [0.1, 0.15) is 29.7 Å². The van der Waals surface area contributed by atoms with Gasteiger partial charge in [0.1, 0.15) is 23.1 Å². The molecule has 0 fully saturated rings. The van der Waals surface area contributed by atoms with E-state index in [0.29, 0.717) is 17.9 Å². The molecular weight excluding hydrogens is 337 g/mol. The van der Waals surface area contributed by atoms with E-state index in [1.807, 2.05) is 18.1 Å². The Morgan fingerprint density at radius 3 is 2.60 bits per heavy atom. The van der Waals surface area contributed by atoms with Gasteiger partial charge in [-0.1, -0.05) is 12.1 Å². The van der Waals surface area contributed by atoms with Crippen LogP contribution < -0.4 is 15.2 Å². The smallest absolute Gasteiger partial charge is 0.433 e. The second-order valence-corrected chi connectivity index (χ2v) is 5.24. The fraction of sp³-hybridized carbons (Fsp3) is 0.250. The van der Waals surface area contributed by atoms with Crippen molar-refractivity contribution in [2.45, 2.75) is 19.0 Å². The number of ether oxygens (including phenoxy) is 2. The lowest BCUT2D eigenvalue weighted by Gasteiger charge is -2.24. The number of H-pyrrole nitrogens is 1. The second-order valence-electron chi connectivity index (χ2n) is 5.24. The van der Waals surface area contributed by atoms with Crippen molar-refractivity contribution in [1.29, 1.82) is 5.26 Å². The Bertz CT molecular complexity index is 863. The summed E-state index contributed by atoms with van der Waals surface area (Å²) in [5.41, 5.74) is 4.71. The summed E-state index contributed by atoms with van der Waals surface area (Å²) in [5.74, 6) is -1.03. The molecule has 0 saturated heterocycles. The van der Waals surface area contributed by atoms with Gasteiger partial charge in [0, 0.05) is 0 Å². The van der Waals surface area contributed by atoms with Crippen LogP contribution in [0.5, 0.6) is 11.6 Å². The summed E-state index contributed by atoms with van der Waals surface area (Å²) in [4.78, 5) is 0. The van der Waals surface area contributed by atoms with E-state index < -0.39 is 17.8 Å². The van der Waals surface area contributed by atoms with Crippen LogP contribution in [0.4, 0.5) is 13.2 Å². The number of halogens is 3. The zero-order chi connectivity index (χ0) is 18.2.